The number of carbonyl (C=O) groups excluding carboxylic acids is 3. The molecule has 1 N–H and O–H groups in total. The molecule has 1 atom stereocenters. The standard InChI is InChI=1S/C20H16ClFN2O3.ClH/c21-9-13-7-12(2-4-16(13)22)11-1-3-15-14(8-11)10-24(20(15)27)17-5-6-18(25)23-19(17)26;/h1-4,7-8,17H,5-6,9-10H2,(H,23,25,26);1H. The van der Waals surface area contributed by atoms with Gasteiger partial charge in [0.25, 0.3) is 5.91 Å². The van der Waals surface area contributed by atoms with Gasteiger partial charge in [0.1, 0.15) is 11.9 Å². The Bertz CT molecular complexity index is 980. The van der Waals surface area contributed by atoms with Gasteiger partial charge in [0.2, 0.25) is 11.8 Å². The second-order valence-electron chi connectivity index (χ2n) is 6.71. The first-order chi connectivity index (χ1) is 13.0. The van der Waals surface area contributed by atoms with Gasteiger partial charge in [0.05, 0.1) is 5.88 Å². The van der Waals surface area contributed by atoms with Crippen LogP contribution in [0.3, 0.4) is 0 Å². The molecule has 2 aliphatic heterocycles. The largest absolute Gasteiger partial charge is 0.322 e. The zero-order valence-electron chi connectivity index (χ0n) is 14.7. The van der Waals surface area contributed by atoms with E-state index < -0.39 is 11.9 Å². The molecule has 0 aromatic heterocycles. The SMILES string of the molecule is Cl.O=C1CCC(N2Cc3cc(-c4ccc(F)c(CCl)c4)ccc3C2=O)C(=O)N1. The second kappa shape index (κ2) is 7.89. The number of benzene rings is 2. The minimum absolute atomic E-state index is 0. The molecule has 0 spiro atoms. The number of hydrogen-bond donors (Lipinski definition) is 1. The van der Waals surface area contributed by atoms with Crippen LogP contribution < -0.4 is 5.32 Å². The van der Waals surface area contributed by atoms with Gasteiger partial charge < -0.3 is 4.90 Å². The molecule has 1 saturated heterocycles. The highest BCUT2D eigenvalue weighted by Crippen LogP contribution is 2.32. The Kier molecular flexibility index (Phi) is 5.72. The molecule has 1 fully saturated rings. The van der Waals surface area contributed by atoms with Crippen LogP contribution in [-0.4, -0.2) is 28.7 Å². The number of carbonyl (C=O) groups is 3. The van der Waals surface area contributed by atoms with Crippen molar-refractivity contribution >= 4 is 41.7 Å². The molecule has 146 valence electrons. The summed E-state index contributed by atoms with van der Waals surface area (Å²) in [4.78, 5) is 37.7. The van der Waals surface area contributed by atoms with Gasteiger partial charge in [-0.3, -0.25) is 19.7 Å². The van der Waals surface area contributed by atoms with Crippen molar-refractivity contribution in [3.63, 3.8) is 0 Å². The van der Waals surface area contributed by atoms with Crippen LogP contribution in [-0.2, 0) is 22.0 Å². The number of halogens is 3. The molecule has 3 amide bonds. The Balaban J connectivity index is 0.00000225. The highest BCUT2D eigenvalue weighted by atomic mass is 35.5. The van der Waals surface area contributed by atoms with Gasteiger partial charge in [-0.15, -0.1) is 24.0 Å². The Morgan fingerprint density at radius 1 is 1.11 bits per heavy atom. The second-order valence-corrected chi connectivity index (χ2v) is 6.98. The number of piperidine rings is 1. The molecule has 2 heterocycles. The zero-order chi connectivity index (χ0) is 19.1. The molecule has 0 radical (unpaired) electrons. The number of rotatable bonds is 3. The number of nitrogens with zero attached hydrogens (tertiary/aromatic N) is 1. The van der Waals surface area contributed by atoms with Crippen LogP contribution in [0, 0.1) is 5.82 Å². The smallest absolute Gasteiger partial charge is 0.255 e. The van der Waals surface area contributed by atoms with E-state index in [9.17, 15) is 18.8 Å². The van der Waals surface area contributed by atoms with E-state index in [4.69, 9.17) is 11.6 Å². The highest BCUT2D eigenvalue weighted by Gasteiger charge is 2.39. The average Bonchev–Trinajstić information content (AvgIpc) is 2.98. The van der Waals surface area contributed by atoms with Crippen molar-refractivity contribution in [1.82, 2.24) is 10.2 Å². The Morgan fingerprint density at radius 3 is 2.54 bits per heavy atom. The number of nitrogens with one attached hydrogen (secondary N) is 1. The molecular formula is C20H17Cl2FN2O3. The van der Waals surface area contributed by atoms with Crippen molar-refractivity contribution in [2.24, 2.45) is 0 Å². The summed E-state index contributed by atoms with van der Waals surface area (Å²) in [5.41, 5.74) is 3.41. The van der Waals surface area contributed by atoms with Gasteiger partial charge in [-0.05, 0) is 47.4 Å². The highest BCUT2D eigenvalue weighted by molar-refractivity contribution is 6.17. The van der Waals surface area contributed by atoms with Crippen LogP contribution in [0.25, 0.3) is 11.1 Å². The summed E-state index contributed by atoms with van der Waals surface area (Å²) in [6.07, 6.45) is 0.548. The third kappa shape index (κ3) is 3.50. The van der Waals surface area contributed by atoms with Gasteiger partial charge in [0, 0.05) is 24.1 Å². The number of fused-ring (bicyclic) bond motifs is 1. The fraction of sp³-hybridized carbons (Fsp3) is 0.250. The third-order valence-electron chi connectivity index (χ3n) is 5.05. The Labute approximate surface area is 172 Å². The van der Waals surface area contributed by atoms with Crippen LogP contribution in [0.4, 0.5) is 4.39 Å². The van der Waals surface area contributed by atoms with Crippen molar-refractivity contribution in [3.05, 3.63) is 58.9 Å². The predicted octanol–water partition coefficient (Wildman–Crippen LogP) is 3.41. The molecule has 1 unspecified atom stereocenters. The molecule has 5 nitrogen and oxygen atoms in total. The first kappa shape index (κ1) is 20.3. The first-order valence-electron chi connectivity index (χ1n) is 8.60. The van der Waals surface area contributed by atoms with E-state index in [0.29, 0.717) is 24.1 Å². The third-order valence-corrected chi connectivity index (χ3v) is 5.33. The molecule has 4 rings (SSSR count). The molecule has 2 aliphatic rings. The number of amides is 3. The number of hydrogen-bond acceptors (Lipinski definition) is 3. The molecule has 8 heteroatoms. The lowest BCUT2D eigenvalue weighted by Crippen LogP contribution is -2.52. The Morgan fingerprint density at radius 2 is 1.82 bits per heavy atom. The maximum absolute atomic E-state index is 13.7. The fourth-order valence-corrected chi connectivity index (χ4v) is 3.82. The van der Waals surface area contributed by atoms with Crippen LogP contribution >= 0.6 is 24.0 Å². The van der Waals surface area contributed by atoms with Gasteiger partial charge in [-0.25, -0.2) is 4.39 Å². The normalized spacial score (nSPS) is 18.6. The summed E-state index contributed by atoms with van der Waals surface area (Å²) >= 11 is 5.78. The fourth-order valence-electron chi connectivity index (χ4n) is 3.61. The molecule has 0 aliphatic carbocycles. The van der Waals surface area contributed by atoms with E-state index in [2.05, 4.69) is 5.32 Å². The van der Waals surface area contributed by atoms with Crippen molar-refractivity contribution in [3.8, 4) is 11.1 Å². The van der Waals surface area contributed by atoms with E-state index in [-0.39, 0.29) is 42.3 Å². The van der Waals surface area contributed by atoms with Crippen LogP contribution in [0.15, 0.2) is 36.4 Å². The predicted molar refractivity (Wildman–Crippen MR) is 105 cm³/mol. The maximum Gasteiger partial charge on any atom is 0.255 e. The van der Waals surface area contributed by atoms with E-state index in [1.165, 1.54) is 11.0 Å². The Hall–Kier alpha value is -2.44. The number of alkyl halides is 1. The van der Waals surface area contributed by atoms with E-state index in [0.717, 1.165) is 16.7 Å². The first-order valence-corrected chi connectivity index (χ1v) is 9.13. The van der Waals surface area contributed by atoms with E-state index >= 15 is 0 Å². The van der Waals surface area contributed by atoms with Gasteiger partial charge in [-0.1, -0.05) is 12.1 Å². The van der Waals surface area contributed by atoms with Crippen molar-refractivity contribution in [1.29, 1.82) is 0 Å². The van der Waals surface area contributed by atoms with Gasteiger partial charge in [0.15, 0.2) is 0 Å². The van der Waals surface area contributed by atoms with Crippen molar-refractivity contribution < 1.29 is 18.8 Å². The monoisotopic (exact) mass is 422 g/mol. The van der Waals surface area contributed by atoms with Crippen molar-refractivity contribution in [2.75, 3.05) is 0 Å². The van der Waals surface area contributed by atoms with Crippen LogP contribution in [0.1, 0.15) is 34.3 Å². The summed E-state index contributed by atoms with van der Waals surface area (Å²) in [7, 11) is 0. The van der Waals surface area contributed by atoms with Crippen LogP contribution in [0.2, 0.25) is 0 Å². The van der Waals surface area contributed by atoms with E-state index in [1.807, 2.05) is 6.07 Å². The molecule has 2 aromatic carbocycles. The molecule has 0 bridgehead atoms. The lowest BCUT2D eigenvalue weighted by molar-refractivity contribution is -0.136. The minimum Gasteiger partial charge on any atom is -0.322 e. The lowest BCUT2D eigenvalue weighted by Gasteiger charge is -2.29. The summed E-state index contributed by atoms with van der Waals surface area (Å²) < 4.78 is 13.7. The number of imide groups is 1. The molecule has 2 aromatic rings. The van der Waals surface area contributed by atoms with Crippen LogP contribution in [0.5, 0.6) is 0 Å². The topological polar surface area (TPSA) is 66.5 Å². The van der Waals surface area contributed by atoms with Gasteiger partial charge >= 0.3 is 0 Å². The quantitative estimate of drug-likeness (QED) is 0.608. The lowest BCUT2D eigenvalue weighted by atomic mass is 9.99. The van der Waals surface area contributed by atoms with Crippen molar-refractivity contribution in [2.45, 2.75) is 31.3 Å². The molecular weight excluding hydrogens is 406 g/mol. The van der Waals surface area contributed by atoms with Gasteiger partial charge in [-0.2, -0.15) is 0 Å². The summed E-state index contributed by atoms with van der Waals surface area (Å²) in [6, 6.07) is 9.50. The summed E-state index contributed by atoms with van der Waals surface area (Å²) in [5, 5.41) is 2.29. The maximum atomic E-state index is 13.7. The zero-order valence-corrected chi connectivity index (χ0v) is 16.3. The molecule has 28 heavy (non-hydrogen) atoms. The average molecular weight is 423 g/mol. The molecule has 0 saturated carbocycles. The summed E-state index contributed by atoms with van der Waals surface area (Å²) in [6.45, 7) is 0.303. The summed E-state index contributed by atoms with van der Waals surface area (Å²) in [5.74, 6) is -1.24. The van der Waals surface area contributed by atoms with E-state index in [1.54, 1.807) is 24.3 Å². The minimum atomic E-state index is -0.639.